The van der Waals surface area contributed by atoms with Crippen molar-refractivity contribution >= 4 is 5.91 Å². The normalized spacial score (nSPS) is 12.0. The Hall–Kier alpha value is -3.02. The van der Waals surface area contributed by atoms with Crippen LogP contribution in [0, 0.1) is 13.8 Å². The molecule has 0 aliphatic heterocycles. The molecule has 1 unspecified atom stereocenters. The molecule has 122 valence electrons. The Kier molecular flexibility index (Phi) is 4.37. The third-order valence-electron chi connectivity index (χ3n) is 3.76. The fourth-order valence-electron chi connectivity index (χ4n) is 2.52. The van der Waals surface area contributed by atoms with Crippen molar-refractivity contribution in [3.05, 3.63) is 71.2 Å². The first kappa shape index (κ1) is 15.9. The van der Waals surface area contributed by atoms with E-state index in [4.69, 9.17) is 0 Å². The van der Waals surface area contributed by atoms with Crippen molar-refractivity contribution in [1.82, 2.24) is 25.3 Å². The van der Waals surface area contributed by atoms with E-state index in [-0.39, 0.29) is 17.6 Å². The van der Waals surface area contributed by atoms with Crippen LogP contribution in [-0.4, -0.2) is 25.9 Å². The van der Waals surface area contributed by atoms with Gasteiger partial charge in [-0.05, 0) is 44.5 Å². The van der Waals surface area contributed by atoms with Gasteiger partial charge in [-0.3, -0.25) is 4.79 Å². The number of benzene rings is 1. The van der Waals surface area contributed by atoms with E-state index in [0.717, 1.165) is 17.0 Å². The van der Waals surface area contributed by atoms with Crippen LogP contribution in [0.2, 0.25) is 0 Å². The number of carbonyl (C=O) groups is 1. The average molecular weight is 321 g/mol. The van der Waals surface area contributed by atoms with Gasteiger partial charge < -0.3 is 5.32 Å². The molecular formula is C18H19N5O. The molecule has 3 aromatic rings. The summed E-state index contributed by atoms with van der Waals surface area (Å²) in [6, 6.07) is 15.1. The van der Waals surface area contributed by atoms with Gasteiger partial charge in [-0.25, -0.2) is 4.68 Å². The summed E-state index contributed by atoms with van der Waals surface area (Å²) in [4.78, 5) is 12.3. The molecule has 2 aromatic heterocycles. The lowest BCUT2D eigenvalue weighted by Crippen LogP contribution is -2.27. The number of hydrogen-bond acceptors (Lipinski definition) is 4. The van der Waals surface area contributed by atoms with Crippen molar-refractivity contribution in [3.63, 3.8) is 0 Å². The summed E-state index contributed by atoms with van der Waals surface area (Å²) < 4.78 is 1.70. The lowest BCUT2D eigenvalue weighted by molar-refractivity contribution is 0.0934. The first-order valence-electron chi connectivity index (χ1n) is 7.78. The first-order valence-corrected chi connectivity index (χ1v) is 7.78. The van der Waals surface area contributed by atoms with Crippen molar-refractivity contribution in [2.24, 2.45) is 0 Å². The van der Waals surface area contributed by atoms with Gasteiger partial charge in [0.2, 0.25) is 0 Å². The largest absolute Gasteiger partial charge is 0.344 e. The van der Waals surface area contributed by atoms with Crippen LogP contribution in [0.15, 0.2) is 48.5 Å². The molecule has 0 saturated heterocycles. The molecule has 0 aliphatic rings. The molecule has 0 bridgehead atoms. The standard InChI is InChI=1S/C18H19N5O/c1-12-11-13(2)23(22-12)17-10-9-16(20-21-17)18(24)19-14(3)15-7-5-4-6-8-15/h4-11,14H,1-3H3,(H,19,24). The van der Waals surface area contributed by atoms with E-state index in [9.17, 15) is 4.79 Å². The second-order valence-electron chi connectivity index (χ2n) is 5.72. The SMILES string of the molecule is Cc1cc(C)n(-c2ccc(C(=O)NC(C)c3ccccc3)nn2)n1. The minimum Gasteiger partial charge on any atom is -0.344 e. The quantitative estimate of drug-likeness (QED) is 0.802. The number of nitrogens with zero attached hydrogens (tertiary/aromatic N) is 4. The second-order valence-corrected chi connectivity index (χ2v) is 5.72. The van der Waals surface area contributed by atoms with Gasteiger partial charge in [-0.1, -0.05) is 30.3 Å². The van der Waals surface area contributed by atoms with Crippen LogP contribution in [0.1, 0.15) is 40.4 Å². The zero-order valence-corrected chi connectivity index (χ0v) is 13.9. The van der Waals surface area contributed by atoms with Crippen LogP contribution >= 0.6 is 0 Å². The number of aryl methyl sites for hydroxylation is 2. The fourth-order valence-corrected chi connectivity index (χ4v) is 2.52. The molecule has 1 N–H and O–H groups in total. The lowest BCUT2D eigenvalue weighted by Gasteiger charge is -2.13. The van der Waals surface area contributed by atoms with Crippen LogP contribution in [0.5, 0.6) is 0 Å². The minimum absolute atomic E-state index is 0.101. The zero-order valence-electron chi connectivity index (χ0n) is 13.9. The van der Waals surface area contributed by atoms with E-state index in [1.807, 2.05) is 57.2 Å². The topological polar surface area (TPSA) is 72.7 Å². The molecule has 0 spiro atoms. The maximum atomic E-state index is 12.3. The van der Waals surface area contributed by atoms with Gasteiger partial charge in [-0.2, -0.15) is 5.10 Å². The summed E-state index contributed by atoms with van der Waals surface area (Å²) >= 11 is 0. The molecule has 6 heteroatoms. The summed E-state index contributed by atoms with van der Waals surface area (Å²) in [6.07, 6.45) is 0. The molecule has 24 heavy (non-hydrogen) atoms. The predicted molar refractivity (Wildman–Crippen MR) is 91.0 cm³/mol. The number of aromatic nitrogens is 4. The molecule has 1 aromatic carbocycles. The van der Waals surface area contributed by atoms with Gasteiger partial charge >= 0.3 is 0 Å². The van der Waals surface area contributed by atoms with Crippen LogP contribution in [-0.2, 0) is 0 Å². The van der Waals surface area contributed by atoms with Crippen molar-refractivity contribution in [2.45, 2.75) is 26.8 Å². The van der Waals surface area contributed by atoms with Crippen molar-refractivity contribution in [2.75, 3.05) is 0 Å². The van der Waals surface area contributed by atoms with E-state index < -0.39 is 0 Å². The van der Waals surface area contributed by atoms with E-state index >= 15 is 0 Å². The number of nitrogens with one attached hydrogen (secondary N) is 1. The summed E-state index contributed by atoms with van der Waals surface area (Å²) in [5, 5.41) is 15.4. The van der Waals surface area contributed by atoms with Gasteiger partial charge in [0, 0.05) is 5.69 Å². The Morgan fingerprint density at radius 3 is 2.42 bits per heavy atom. The highest BCUT2D eigenvalue weighted by molar-refractivity contribution is 5.92. The lowest BCUT2D eigenvalue weighted by atomic mass is 10.1. The second kappa shape index (κ2) is 6.62. The summed E-state index contributed by atoms with van der Waals surface area (Å²) in [5.74, 6) is 0.340. The maximum absolute atomic E-state index is 12.3. The monoisotopic (exact) mass is 321 g/mol. The highest BCUT2D eigenvalue weighted by atomic mass is 16.2. The van der Waals surface area contributed by atoms with Crippen LogP contribution in [0.4, 0.5) is 0 Å². The Morgan fingerprint density at radius 1 is 1.08 bits per heavy atom. The highest BCUT2D eigenvalue weighted by Gasteiger charge is 2.14. The third kappa shape index (κ3) is 3.32. The Balaban J connectivity index is 1.73. The Morgan fingerprint density at radius 2 is 1.83 bits per heavy atom. The highest BCUT2D eigenvalue weighted by Crippen LogP contribution is 2.13. The molecule has 0 saturated carbocycles. The Bertz CT molecular complexity index is 840. The first-order chi connectivity index (χ1) is 11.5. The van der Waals surface area contributed by atoms with E-state index in [2.05, 4.69) is 20.6 Å². The molecule has 1 atom stereocenters. The third-order valence-corrected chi connectivity index (χ3v) is 3.76. The Labute approximate surface area is 140 Å². The van der Waals surface area contributed by atoms with Crippen LogP contribution in [0.3, 0.4) is 0 Å². The molecule has 0 fully saturated rings. The van der Waals surface area contributed by atoms with Crippen molar-refractivity contribution < 1.29 is 4.79 Å². The van der Waals surface area contributed by atoms with Crippen LogP contribution in [0.25, 0.3) is 5.82 Å². The molecule has 3 rings (SSSR count). The molecule has 1 amide bonds. The molecule has 6 nitrogen and oxygen atoms in total. The van der Waals surface area contributed by atoms with E-state index in [1.54, 1.807) is 16.8 Å². The zero-order chi connectivity index (χ0) is 17.1. The molecule has 2 heterocycles. The maximum Gasteiger partial charge on any atom is 0.272 e. The number of hydrogen-bond donors (Lipinski definition) is 1. The smallest absolute Gasteiger partial charge is 0.272 e. The summed E-state index contributed by atoms with van der Waals surface area (Å²) in [5.41, 5.74) is 3.20. The van der Waals surface area contributed by atoms with Gasteiger partial charge in [-0.15, -0.1) is 10.2 Å². The van der Waals surface area contributed by atoms with Crippen LogP contribution < -0.4 is 5.32 Å². The predicted octanol–water partition coefficient (Wildman–Crippen LogP) is 2.77. The van der Waals surface area contributed by atoms with Crippen molar-refractivity contribution in [1.29, 1.82) is 0 Å². The number of carbonyl (C=O) groups excluding carboxylic acids is 1. The van der Waals surface area contributed by atoms with Gasteiger partial charge in [0.25, 0.3) is 5.91 Å². The number of rotatable bonds is 4. The fraction of sp³-hybridized carbons (Fsp3) is 0.222. The molecule has 0 radical (unpaired) electrons. The summed E-state index contributed by atoms with van der Waals surface area (Å²) in [6.45, 7) is 5.80. The molecule has 0 aliphatic carbocycles. The van der Waals surface area contributed by atoms with Crippen molar-refractivity contribution in [3.8, 4) is 5.82 Å². The van der Waals surface area contributed by atoms with Gasteiger partial charge in [0.15, 0.2) is 11.5 Å². The van der Waals surface area contributed by atoms with E-state index in [0.29, 0.717) is 5.82 Å². The number of amides is 1. The van der Waals surface area contributed by atoms with Gasteiger partial charge in [0.1, 0.15) is 0 Å². The van der Waals surface area contributed by atoms with Gasteiger partial charge in [0.05, 0.1) is 11.7 Å². The molecular weight excluding hydrogens is 302 g/mol. The average Bonchev–Trinajstić information content (AvgIpc) is 2.94. The van der Waals surface area contributed by atoms with E-state index in [1.165, 1.54) is 0 Å². The summed E-state index contributed by atoms with van der Waals surface area (Å²) in [7, 11) is 0. The minimum atomic E-state index is -0.251.